The molecular weight excluding hydrogens is 174 g/mol. The fourth-order valence-corrected chi connectivity index (χ4v) is 1.55. The minimum absolute atomic E-state index is 0. The highest BCUT2D eigenvalue weighted by molar-refractivity contribution is 4.68. The van der Waals surface area contributed by atoms with Crippen LogP contribution in [0.5, 0.6) is 0 Å². The van der Waals surface area contributed by atoms with Gasteiger partial charge in [-0.25, -0.2) is 0 Å². The van der Waals surface area contributed by atoms with Crippen molar-refractivity contribution in [2.75, 3.05) is 46.3 Å². The van der Waals surface area contributed by atoms with Gasteiger partial charge in [0.05, 0.1) is 0 Å². The van der Waals surface area contributed by atoms with E-state index in [-0.39, 0.29) is 1.43 Å². The summed E-state index contributed by atoms with van der Waals surface area (Å²) < 4.78 is 0. The van der Waals surface area contributed by atoms with E-state index >= 15 is 0 Å². The topological polar surface area (TPSA) is 32.5 Å². The first-order chi connectivity index (χ1) is 6.83. The molecule has 1 aliphatic heterocycles. The zero-order chi connectivity index (χ0) is 10.8. The SMILES string of the molecule is CC.CN1CCN(CCCCN)CC1.[HH]. The van der Waals surface area contributed by atoms with Gasteiger partial charge in [-0.05, 0) is 33.0 Å². The van der Waals surface area contributed by atoms with Crippen LogP contribution < -0.4 is 5.73 Å². The maximum atomic E-state index is 5.44. The average Bonchev–Trinajstić information content (AvgIpc) is 2.24. The van der Waals surface area contributed by atoms with Gasteiger partial charge in [0.2, 0.25) is 0 Å². The molecule has 0 unspecified atom stereocenters. The van der Waals surface area contributed by atoms with Gasteiger partial charge >= 0.3 is 0 Å². The van der Waals surface area contributed by atoms with E-state index in [1.807, 2.05) is 13.8 Å². The first kappa shape index (κ1) is 13.9. The Morgan fingerprint density at radius 1 is 1.07 bits per heavy atom. The Morgan fingerprint density at radius 3 is 2.14 bits per heavy atom. The largest absolute Gasteiger partial charge is 0.330 e. The van der Waals surface area contributed by atoms with Gasteiger partial charge in [-0.15, -0.1) is 0 Å². The van der Waals surface area contributed by atoms with Crippen molar-refractivity contribution in [3.8, 4) is 0 Å². The zero-order valence-corrected chi connectivity index (χ0v) is 10.1. The Bertz CT molecular complexity index is 114. The highest BCUT2D eigenvalue weighted by Gasteiger charge is 2.12. The van der Waals surface area contributed by atoms with Gasteiger partial charge in [-0.1, -0.05) is 13.8 Å². The molecule has 1 heterocycles. The van der Waals surface area contributed by atoms with E-state index in [0.717, 1.165) is 6.54 Å². The van der Waals surface area contributed by atoms with Crippen molar-refractivity contribution in [1.82, 2.24) is 9.80 Å². The van der Waals surface area contributed by atoms with Gasteiger partial charge < -0.3 is 15.5 Å². The predicted molar refractivity (Wildman–Crippen MR) is 65.7 cm³/mol. The average molecular weight is 203 g/mol. The van der Waals surface area contributed by atoms with Crippen molar-refractivity contribution in [3.05, 3.63) is 0 Å². The molecule has 1 saturated heterocycles. The van der Waals surface area contributed by atoms with E-state index in [1.165, 1.54) is 45.6 Å². The normalized spacial score (nSPS) is 18.9. The van der Waals surface area contributed by atoms with Gasteiger partial charge in [-0.3, -0.25) is 0 Å². The molecule has 0 aromatic carbocycles. The lowest BCUT2D eigenvalue weighted by Crippen LogP contribution is -2.44. The van der Waals surface area contributed by atoms with Crippen LogP contribution in [0.3, 0.4) is 0 Å². The van der Waals surface area contributed by atoms with Crippen molar-refractivity contribution >= 4 is 0 Å². The lowest BCUT2D eigenvalue weighted by Gasteiger charge is -2.32. The van der Waals surface area contributed by atoms with Crippen LogP contribution in [0.4, 0.5) is 0 Å². The summed E-state index contributed by atoms with van der Waals surface area (Å²) >= 11 is 0. The summed E-state index contributed by atoms with van der Waals surface area (Å²) in [5.41, 5.74) is 5.44. The molecule has 1 aliphatic rings. The molecule has 3 heteroatoms. The fraction of sp³-hybridized carbons (Fsp3) is 1.00. The van der Waals surface area contributed by atoms with E-state index < -0.39 is 0 Å². The number of unbranched alkanes of at least 4 members (excludes halogenated alkanes) is 1. The molecular formula is C11H29N3. The van der Waals surface area contributed by atoms with Gasteiger partial charge in [0.1, 0.15) is 0 Å². The molecule has 1 rings (SSSR count). The minimum Gasteiger partial charge on any atom is -0.330 e. The van der Waals surface area contributed by atoms with Crippen LogP contribution in [0.1, 0.15) is 28.1 Å². The fourth-order valence-electron chi connectivity index (χ4n) is 1.55. The third-order valence-electron chi connectivity index (χ3n) is 2.52. The van der Waals surface area contributed by atoms with Gasteiger partial charge in [0.25, 0.3) is 0 Å². The molecule has 0 aromatic heterocycles. The molecule has 1 fully saturated rings. The first-order valence-corrected chi connectivity index (χ1v) is 5.94. The predicted octanol–water partition coefficient (Wildman–Crippen LogP) is 1.24. The molecule has 0 atom stereocenters. The van der Waals surface area contributed by atoms with E-state index in [1.54, 1.807) is 0 Å². The summed E-state index contributed by atoms with van der Waals surface area (Å²) in [6.07, 6.45) is 2.44. The minimum atomic E-state index is 0. The Balaban J connectivity index is 0. The van der Waals surface area contributed by atoms with Crippen molar-refractivity contribution < 1.29 is 1.43 Å². The van der Waals surface area contributed by atoms with Crippen LogP contribution in [0.25, 0.3) is 0 Å². The molecule has 0 radical (unpaired) electrons. The smallest absolute Gasteiger partial charge is 0.0110 e. The van der Waals surface area contributed by atoms with E-state index in [0.29, 0.717) is 0 Å². The summed E-state index contributed by atoms with van der Waals surface area (Å²) in [5.74, 6) is 0. The highest BCUT2D eigenvalue weighted by atomic mass is 15.2. The van der Waals surface area contributed by atoms with Crippen molar-refractivity contribution in [3.63, 3.8) is 0 Å². The Hall–Kier alpha value is -0.120. The summed E-state index contributed by atoms with van der Waals surface area (Å²) in [6, 6.07) is 0. The third kappa shape index (κ3) is 6.35. The Morgan fingerprint density at radius 2 is 1.64 bits per heavy atom. The van der Waals surface area contributed by atoms with Crippen LogP contribution in [0.2, 0.25) is 0 Å². The zero-order valence-electron chi connectivity index (χ0n) is 10.1. The number of hydrogen-bond acceptors (Lipinski definition) is 3. The summed E-state index contributed by atoms with van der Waals surface area (Å²) in [4.78, 5) is 4.93. The quantitative estimate of drug-likeness (QED) is 0.698. The third-order valence-corrected chi connectivity index (χ3v) is 2.52. The molecule has 0 aromatic rings. The second kappa shape index (κ2) is 9.44. The van der Waals surface area contributed by atoms with Crippen molar-refractivity contribution in [2.45, 2.75) is 26.7 Å². The highest BCUT2D eigenvalue weighted by Crippen LogP contribution is 2.00. The number of nitrogens with two attached hydrogens (primary N) is 1. The molecule has 0 aliphatic carbocycles. The van der Waals surface area contributed by atoms with Gasteiger partial charge in [0, 0.05) is 27.6 Å². The molecule has 0 bridgehead atoms. The van der Waals surface area contributed by atoms with E-state index in [9.17, 15) is 0 Å². The Labute approximate surface area is 90.7 Å². The van der Waals surface area contributed by atoms with Gasteiger partial charge in [0.15, 0.2) is 0 Å². The summed E-state index contributed by atoms with van der Waals surface area (Å²) in [7, 11) is 2.19. The maximum absolute atomic E-state index is 5.44. The number of nitrogens with zero attached hydrogens (tertiary/aromatic N) is 2. The summed E-state index contributed by atoms with van der Waals surface area (Å²) in [5, 5.41) is 0. The summed E-state index contributed by atoms with van der Waals surface area (Å²) in [6.45, 7) is 11.0. The Kier molecular flexibility index (Phi) is 9.35. The number of likely N-dealkylation sites (N-methyl/N-ethyl adjacent to an activating group) is 1. The number of rotatable bonds is 4. The van der Waals surface area contributed by atoms with Gasteiger partial charge in [-0.2, -0.15) is 0 Å². The van der Waals surface area contributed by atoms with E-state index in [2.05, 4.69) is 16.8 Å². The molecule has 0 saturated carbocycles. The maximum Gasteiger partial charge on any atom is 0.0110 e. The molecule has 88 valence electrons. The lowest BCUT2D eigenvalue weighted by atomic mass is 10.2. The molecule has 3 nitrogen and oxygen atoms in total. The lowest BCUT2D eigenvalue weighted by molar-refractivity contribution is 0.152. The second-order valence-electron chi connectivity index (χ2n) is 3.64. The molecule has 0 amide bonds. The van der Waals surface area contributed by atoms with E-state index in [4.69, 9.17) is 5.73 Å². The van der Waals surface area contributed by atoms with Crippen LogP contribution in [0.15, 0.2) is 0 Å². The standard InChI is InChI=1S/C9H21N3.C2H6.H2/c1-11-6-8-12(9-7-11)5-3-2-4-10;1-2;/h2-10H2,1H3;1-2H3;1H. The molecule has 0 spiro atoms. The molecule has 14 heavy (non-hydrogen) atoms. The number of piperazine rings is 1. The van der Waals surface area contributed by atoms with Crippen LogP contribution >= 0.6 is 0 Å². The number of hydrogen-bond donors (Lipinski definition) is 1. The van der Waals surface area contributed by atoms with Crippen LogP contribution in [-0.4, -0.2) is 56.1 Å². The van der Waals surface area contributed by atoms with Crippen molar-refractivity contribution in [1.29, 1.82) is 0 Å². The second-order valence-corrected chi connectivity index (χ2v) is 3.64. The molecule has 2 N–H and O–H groups in total. The van der Waals surface area contributed by atoms with Crippen LogP contribution in [0, 0.1) is 0 Å². The first-order valence-electron chi connectivity index (χ1n) is 5.94. The monoisotopic (exact) mass is 203 g/mol. The van der Waals surface area contributed by atoms with Crippen molar-refractivity contribution in [2.24, 2.45) is 5.73 Å². The van der Waals surface area contributed by atoms with Crippen LogP contribution in [-0.2, 0) is 0 Å².